The van der Waals surface area contributed by atoms with Crippen LogP contribution in [-0.2, 0) is 9.84 Å². The van der Waals surface area contributed by atoms with Gasteiger partial charge in [0.25, 0.3) is 0 Å². The third-order valence-corrected chi connectivity index (χ3v) is 4.91. The van der Waals surface area contributed by atoms with E-state index in [1.54, 1.807) is 6.07 Å². The third-order valence-electron chi connectivity index (χ3n) is 3.80. The zero-order chi connectivity index (χ0) is 13.9. The molecule has 1 aromatic carbocycles. The molecular weight excluding hydrogens is 260 g/mol. The molecule has 0 aromatic heterocycles. The first kappa shape index (κ1) is 14.5. The van der Waals surface area contributed by atoms with E-state index in [2.05, 4.69) is 17.9 Å². The van der Waals surface area contributed by atoms with E-state index in [-0.39, 0.29) is 0 Å². The van der Waals surface area contributed by atoms with Crippen LogP contribution >= 0.6 is 0 Å². The number of benzene rings is 1. The Morgan fingerprint density at radius 2 is 2.21 bits per heavy atom. The van der Waals surface area contributed by atoms with E-state index in [9.17, 15) is 8.42 Å². The van der Waals surface area contributed by atoms with Gasteiger partial charge in [-0.3, -0.25) is 0 Å². The van der Waals surface area contributed by atoms with E-state index >= 15 is 0 Å². The molecule has 2 rings (SSSR count). The summed E-state index contributed by atoms with van der Waals surface area (Å²) in [5.74, 6) is 0.474. The third kappa shape index (κ3) is 3.80. The van der Waals surface area contributed by atoms with Crippen molar-refractivity contribution in [2.45, 2.75) is 37.0 Å². The fourth-order valence-electron chi connectivity index (χ4n) is 2.85. The summed E-state index contributed by atoms with van der Waals surface area (Å²) < 4.78 is 23.2. The van der Waals surface area contributed by atoms with Gasteiger partial charge in [-0.25, -0.2) is 8.42 Å². The van der Waals surface area contributed by atoms with Crippen LogP contribution in [0, 0.1) is 0 Å². The van der Waals surface area contributed by atoms with Gasteiger partial charge >= 0.3 is 0 Å². The average Bonchev–Trinajstić information content (AvgIpc) is 2.39. The largest absolute Gasteiger partial charge is 0.303 e. The van der Waals surface area contributed by atoms with Crippen LogP contribution in [0.15, 0.2) is 29.2 Å². The predicted octanol–water partition coefficient (Wildman–Crippen LogP) is 2.68. The van der Waals surface area contributed by atoms with E-state index in [4.69, 9.17) is 0 Å². The summed E-state index contributed by atoms with van der Waals surface area (Å²) in [6.07, 6.45) is 4.81. The highest BCUT2D eigenvalue weighted by molar-refractivity contribution is 7.90. The Labute approximate surface area is 116 Å². The molecule has 0 saturated carbocycles. The molecule has 19 heavy (non-hydrogen) atoms. The second-order valence-corrected chi connectivity index (χ2v) is 7.50. The number of nitrogens with zero attached hydrogens (tertiary/aromatic N) is 1. The summed E-state index contributed by atoms with van der Waals surface area (Å²) in [4.78, 5) is 2.93. The zero-order valence-electron chi connectivity index (χ0n) is 11.8. The van der Waals surface area contributed by atoms with Gasteiger partial charge in [0.2, 0.25) is 0 Å². The number of rotatable bonds is 4. The Morgan fingerprint density at radius 1 is 1.42 bits per heavy atom. The van der Waals surface area contributed by atoms with Gasteiger partial charge < -0.3 is 4.90 Å². The number of hydrogen-bond donors (Lipinski definition) is 0. The average molecular weight is 283 g/mol. The Kier molecular flexibility index (Phi) is 4.63. The van der Waals surface area contributed by atoms with Crippen LogP contribution in [0.25, 0.3) is 0 Å². The molecule has 3 nitrogen and oxygen atoms in total. The van der Waals surface area contributed by atoms with Crippen molar-refractivity contribution >= 4 is 9.84 Å². The maximum Gasteiger partial charge on any atom is 0.175 e. The molecule has 1 fully saturated rings. The van der Waals surface area contributed by atoms with E-state index < -0.39 is 9.84 Å². The Balaban J connectivity index is 2.17. The Bertz CT molecular complexity index is 523. The quantitative estimate of drug-likeness (QED) is 0.852. The van der Waals surface area contributed by atoms with Crippen LogP contribution in [0.3, 0.4) is 0 Å². The van der Waals surface area contributed by atoms with E-state index in [0.29, 0.717) is 10.8 Å². The summed E-state index contributed by atoms with van der Waals surface area (Å²) >= 11 is 0. The van der Waals surface area contributed by atoms with E-state index in [1.807, 2.05) is 12.1 Å². The molecule has 1 heterocycles. The molecule has 0 bridgehead atoms. The maximum absolute atomic E-state index is 11.6. The maximum atomic E-state index is 11.6. The zero-order valence-corrected chi connectivity index (χ0v) is 12.6. The van der Waals surface area contributed by atoms with Crippen molar-refractivity contribution in [3.8, 4) is 0 Å². The minimum atomic E-state index is -3.10. The van der Waals surface area contributed by atoms with Crippen molar-refractivity contribution in [2.75, 3.05) is 25.9 Å². The van der Waals surface area contributed by atoms with Gasteiger partial charge in [-0.05, 0) is 56.0 Å². The highest BCUT2D eigenvalue weighted by Crippen LogP contribution is 2.28. The van der Waals surface area contributed by atoms with Crippen molar-refractivity contribution in [1.29, 1.82) is 0 Å². The van der Waals surface area contributed by atoms with Crippen molar-refractivity contribution in [1.82, 2.24) is 4.90 Å². The fraction of sp³-hybridized carbons (Fsp3) is 0.600. The van der Waals surface area contributed by atoms with Gasteiger partial charge in [-0.2, -0.15) is 0 Å². The number of likely N-dealkylation sites (tertiary alicyclic amines) is 1. The summed E-state index contributed by atoms with van der Waals surface area (Å²) in [5.41, 5.74) is 1.17. The lowest BCUT2D eigenvalue weighted by molar-refractivity contribution is 0.208. The first-order chi connectivity index (χ1) is 9.00. The first-order valence-electron chi connectivity index (χ1n) is 7.03. The van der Waals surface area contributed by atoms with Gasteiger partial charge in [-0.1, -0.05) is 19.1 Å². The Morgan fingerprint density at radius 3 is 2.89 bits per heavy atom. The molecule has 1 aromatic rings. The van der Waals surface area contributed by atoms with Gasteiger partial charge in [0, 0.05) is 12.8 Å². The van der Waals surface area contributed by atoms with Crippen molar-refractivity contribution in [2.24, 2.45) is 0 Å². The topological polar surface area (TPSA) is 37.4 Å². The van der Waals surface area contributed by atoms with Gasteiger partial charge in [-0.15, -0.1) is 0 Å². The van der Waals surface area contributed by atoms with Crippen LogP contribution in [0.1, 0.15) is 37.7 Å². The lowest BCUT2D eigenvalue weighted by Crippen LogP contribution is -2.34. The minimum absolute atomic E-state index is 0.442. The van der Waals surface area contributed by atoms with Crippen LogP contribution in [0.5, 0.6) is 0 Å². The predicted molar refractivity (Wildman–Crippen MR) is 78.3 cm³/mol. The molecule has 1 saturated heterocycles. The van der Waals surface area contributed by atoms with Gasteiger partial charge in [0.05, 0.1) is 4.90 Å². The molecule has 0 amide bonds. The van der Waals surface area contributed by atoms with Crippen molar-refractivity contribution in [3.63, 3.8) is 0 Å². The molecule has 0 unspecified atom stereocenters. The molecular formula is C15H23NO2S. The normalized spacial score (nSPS) is 21.5. The second kappa shape index (κ2) is 6.06. The molecule has 1 atom stereocenters. The van der Waals surface area contributed by atoms with Crippen LogP contribution < -0.4 is 0 Å². The standard InChI is InChI=1S/C15H23NO2S/c1-3-9-16-10-5-7-14(12-16)13-6-4-8-15(11-13)19(2,17)18/h4,6,8,11,14H,3,5,7,9-10,12H2,1-2H3/t14-/m1/s1/i2+2. The minimum Gasteiger partial charge on any atom is -0.303 e. The molecule has 0 spiro atoms. The van der Waals surface area contributed by atoms with Gasteiger partial charge in [0.15, 0.2) is 9.84 Å². The molecule has 0 aliphatic carbocycles. The molecule has 1 aliphatic heterocycles. The molecule has 0 N–H and O–H groups in total. The molecule has 0 radical (unpaired) electrons. The van der Waals surface area contributed by atoms with Crippen LogP contribution in [0.2, 0.25) is 0 Å². The number of piperidine rings is 1. The molecule has 4 heteroatoms. The summed E-state index contributed by atoms with van der Waals surface area (Å²) in [6, 6.07) is 7.47. The monoisotopic (exact) mass is 283 g/mol. The highest BCUT2D eigenvalue weighted by Gasteiger charge is 2.21. The van der Waals surface area contributed by atoms with Gasteiger partial charge in [0.1, 0.15) is 0 Å². The Hall–Kier alpha value is -0.870. The second-order valence-electron chi connectivity index (χ2n) is 5.48. The van der Waals surface area contributed by atoms with Crippen molar-refractivity contribution in [3.05, 3.63) is 29.8 Å². The molecule has 1 aliphatic rings. The van der Waals surface area contributed by atoms with E-state index in [1.165, 1.54) is 31.2 Å². The van der Waals surface area contributed by atoms with Crippen molar-refractivity contribution < 1.29 is 8.42 Å². The summed E-state index contributed by atoms with van der Waals surface area (Å²) in [6.45, 7) is 5.58. The highest BCUT2D eigenvalue weighted by atomic mass is 32.2. The smallest absolute Gasteiger partial charge is 0.175 e. The van der Waals surface area contributed by atoms with Crippen LogP contribution in [0.4, 0.5) is 0 Å². The number of sulfone groups is 1. The molecule has 106 valence electrons. The summed E-state index contributed by atoms with van der Waals surface area (Å²) in [7, 11) is -3.10. The lowest BCUT2D eigenvalue weighted by atomic mass is 9.90. The SMILES string of the molecule is CCCN1CCC[C@@H](c2cccc(S([14CH3])(=O)=O)c2)C1. The van der Waals surface area contributed by atoms with Crippen LogP contribution in [-0.4, -0.2) is 39.2 Å². The number of hydrogen-bond acceptors (Lipinski definition) is 3. The lowest BCUT2D eigenvalue weighted by Gasteiger charge is -2.32. The summed E-state index contributed by atoms with van der Waals surface area (Å²) in [5, 5.41) is 0. The van der Waals surface area contributed by atoms with E-state index in [0.717, 1.165) is 19.5 Å². The fourth-order valence-corrected chi connectivity index (χ4v) is 3.52. The first-order valence-corrected chi connectivity index (χ1v) is 8.92.